The number of hydrogen-bond acceptors (Lipinski definition) is 6. The molecule has 8 nitrogen and oxygen atoms in total. The molecule has 2 aromatic carbocycles. The maximum atomic E-state index is 13.6. The minimum Gasteiger partial charge on any atom is -0.495 e. The third kappa shape index (κ3) is 5.02. The van der Waals surface area contributed by atoms with Crippen LogP contribution in [-0.2, 0) is 4.84 Å². The Morgan fingerprint density at radius 2 is 1.97 bits per heavy atom. The summed E-state index contributed by atoms with van der Waals surface area (Å²) in [6.45, 7) is 2.33. The first-order valence-electron chi connectivity index (χ1n) is 10.8. The molecule has 1 aromatic heterocycles. The SMILES string of the molecule is COc1cc(C(=O)N2CCC[C@H](Oc3cc(F)cc(F)c3)[C@@H]2CON)ccc1-n1cnc(C)c1. The van der Waals surface area contributed by atoms with Crippen LogP contribution in [0.25, 0.3) is 5.69 Å². The third-order valence-electron chi connectivity index (χ3n) is 5.79. The first-order valence-corrected chi connectivity index (χ1v) is 10.8. The maximum absolute atomic E-state index is 13.6. The molecule has 1 aliphatic heterocycles. The molecule has 10 heteroatoms. The van der Waals surface area contributed by atoms with E-state index in [0.717, 1.165) is 29.6 Å². The number of ether oxygens (including phenoxy) is 2. The van der Waals surface area contributed by atoms with Gasteiger partial charge in [0.2, 0.25) is 0 Å². The molecule has 0 unspecified atom stereocenters. The summed E-state index contributed by atoms with van der Waals surface area (Å²) < 4.78 is 40.5. The Bertz CT molecular complexity index is 1150. The summed E-state index contributed by atoms with van der Waals surface area (Å²) in [5.41, 5.74) is 2.01. The highest BCUT2D eigenvalue weighted by molar-refractivity contribution is 5.95. The molecule has 2 atom stereocenters. The monoisotopic (exact) mass is 472 g/mol. The molecule has 4 rings (SSSR count). The molecule has 0 saturated carbocycles. The number of amides is 1. The Balaban J connectivity index is 1.59. The van der Waals surface area contributed by atoms with Crippen molar-refractivity contribution in [2.24, 2.45) is 5.90 Å². The van der Waals surface area contributed by atoms with Gasteiger partial charge in [0.15, 0.2) is 0 Å². The van der Waals surface area contributed by atoms with Crippen molar-refractivity contribution in [3.63, 3.8) is 0 Å². The Labute approximate surface area is 195 Å². The summed E-state index contributed by atoms with van der Waals surface area (Å²) in [4.78, 5) is 24.2. The molecular formula is C24H26F2N4O4. The van der Waals surface area contributed by atoms with Gasteiger partial charge >= 0.3 is 0 Å². The van der Waals surface area contributed by atoms with Gasteiger partial charge in [-0.25, -0.2) is 19.7 Å². The van der Waals surface area contributed by atoms with E-state index in [2.05, 4.69) is 4.98 Å². The molecule has 0 spiro atoms. The van der Waals surface area contributed by atoms with Gasteiger partial charge in [-0.05, 0) is 38.0 Å². The van der Waals surface area contributed by atoms with Crippen LogP contribution in [0.3, 0.4) is 0 Å². The summed E-state index contributed by atoms with van der Waals surface area (Å²) in [6.07, 6.45) is 4.18. The maximum Gasteiger partial charge on any atom is 0.254 e. The highest BCUT2D eigenvalue weighted by atomic mass is 19.1. The summed E-state index contributed by atoms with van der Waals surface area (Å²) in [5, 5.41) is 0. The number of nitrogens with zero attached hydrogens (tertiary/aromatic N) is 3. The van der Waals surface area contributed by atoms with Crippen molar-refractivity contribution in [1.29, 1.82) is 0 Å². The molecule has 2 N–H and O–H groups in total. The fourth-order valence-corrected chi connectivity index (χ4v) is 4.22. The quantitative estimate of drug-likeness (QED) is 0.530. The molecule has 1 fully saturated rings. The van der Waals surface area contributed by atoms with Crippen LogP contribution >= 0.6 is 0 Å². The lowest BCUT2D eigenvalue weighted by Crippen LogP contribution is -2.55. The van der Waals surface area contributed by atoms with E-state index in [9.17, 15) is 13.6 Å². The van der Waals surface area contributed by atoms with Crippen molar-refractivity contribution in [1.82, 2.24) is 14.5 Å². The Kier molecular flexibility index (Phi) is 7.09. The van der Waals surface area contributed by atoms with Crippen LogP contribution < -0.4 is 15.4 Å². The Morgan fingerprint density at radius 1 is 1.21 bits per heavy atom. The zero-order valence-corrected chi connectivity index (χ0v) is 18.9. The second kappa shape index (κ2) is 10.2. The van der Waals surface area contributed by atoms with Gasteiger partial charge in [0.1, 0.15) is 29.2 Å². The number of aryl methyl sites for hydroxylation is 1. The van der Waals surface area contributed by atoms with E-state index >= 15 is 0 Å². The van der Waals surface area contributed by atoms with E-state index in [1.807, 2.05) is 17.7 Å². The van der Waals surface area contributed by atoms with Crippen molar-refractivity contribution < 1.29 is 27.9 Å². The van der Waals surface area contributed by atoms with Gasteiger partial charge in [-0.15, -0.1) is 0 Å². The summed E-state index contributed by atoms with van der Waals surface area (Å²) in [7, 11) is 1.53. The number of carbonyl (C=O) groups excluding carboxylic acids is 1. The molecule has 0 bridgehead atoms. The van der Waals surface area contributed by atoms with E-state index in [4.69, 9.17) is 20.2 Å². The molecule has 3 aromatic rings. The molecular weight excluding hydrogens is 446 g/mol. The third-order valence-corrected chi connectivity index (χ3v) is 5.79. The number of halogens is 2. The minimum absolute atomic E-state index is 0.00225. The van der Waals surface area contributed by atoms with E-state index in [0.29, 0.717) is 30.7 Å². The number of hydrogen-bond donors (Lipinski definition) is 1. The van der Waals surface area contributed by atoms with Gasteiger partial charge < -0.3 is 23.8 Å². The van der Waals surface area contributed by atoms with Crippen LogP contribution in [0.5, 0.6) is 11.5 Å². The number of nitrogens with two attached hydrogens (primary N) is 1. The van der Waals surface area contributed by atoms with Gasteiger partial charge in [0, 0.05) is 36.5 Å². The van der Waals surface area contributed by atoms with Gasteiger partial charge in [0.25, 0.3) is 5.91 Å². The predicted molar refractivity (Wildman–Crippen MR) is 120 cm³/mol. The minimum atomic E-state index is -0.745. The number of benzene rings is 2. The van der Waals surface area contributed by atoms with E-state index in [1.54, 1.807) is 29.4 Å². The first-order chi connectivity index (χ1) is 16.4. The topological polar surface area (TPSA) is 91.8 Å². The predicted octanol–water partition coefficient (Wildman–Crippen LogP) is 3.41. The lowest BCUT2D eigenvalue weighted by molar-refractivity contribution is -0.0180. The molecule has 0 aliphatic carbocycles. The van der Waals surface area contributed by atoms with Crippen LogP contribution in [0.4, 0.5) is 8.78 Å². The second-order valence-corrected chi connectivity index (χ2v) is 8.11. The average molecular weight is 472 g/mol. The fourth-order valence-electron chi connectivity index (χ4n) is 4.22. The largest absolute Gasteiger partial charge is 0.495 e. The van der Waals surface area contributed by atoms with Crippen molar-refractivity contribution in [3.8, 4) is 17.2 Å². The number of rotatable bonds is 7. The standard InChI is InChI=1S/C24H26F2N4O4/c1-15-12-29(14-28-15)20-6-5-16(8-23(20)32-2)24(31)30-7-3-4-22(21(30)13-33-27)34-19-10-17(25)9-18(26)11-19/h5-6,8-12,14,21-22H,3-4,7,13,27H2,1-2H3/t21-,22-/m0/s1. The van der Waals surface area contributed by atoms with Crippen molar-refractivity contribution in [3.05, 3.63) is 71.8 Å². The average Bonchev–Trinajstić information content (AvgIpc) is 3.24. The fraction of sp³-hybridized carbons (Fsp3) is 0.333. The molecule has 180 valence electrons. The van der Waals surface area contributed by atoms with Gasteiger partial charge in [-0.2, -0.15) is 0 Å². The molecule has 1 aliphatic rings. The highest BCUT2D eigenvalue weighted by Crippen LogP contribution is 2.29. The number of imidazole rings is 1. The zero-order valence-electron chi connectivity index (χ0n) is 18.9. The number of likely N-dealkylation sites (tertiary alicyclic amines) is 1. The van der Waals surface area contributed by atoms with E-state index in [1.165, 1.54) is 7.11 Å². The van der Waals surface area contributed by atoms with Gasteiger partial charge in [-0.1, -0.05) is 0 Å². The van der Waals surface area contributed by atoms with Crippen molar-refractivity contribution in [2.45, 2.75) is 31.9 Å². The van der Waals surface area contributed by atoms with Crippen molar-refractivity contribution in [2.75, 3.05) is 20.3 Å². The van der Waals surface area contributed by atoms with Crippen LogP contribution in [-0.4, -0.2) is 52.8 Å². The molecule has 1 amide bonds. The summed E-state index contributed by atoms with van der Waals surface area (Å²) in [6, 6.07) is 7.58. The molecule has 0 radical (unpaired) electrons. The number of methoxy groups -OCH3 is 1. The van der Waals surface area contributed by atoms with Crippen LogP contribution in [0, 0.1) is 18.6 Å². The molecule has 2 heterocycles. The lowest BCUT2D eigenvalue weighted by Gasteiger charge is -2.40. The van der Waals surface area contributed by atoms with Crippen LogP contribution in [0.15, 0.2) is 48.9 Å². The Morgan fingerprint density at radius 3 is 2.62 bits per heavy atom. The van der Waals surface area contributed by atoms with Gasteiger partial charge in [0.05, 0.1) is 37.5 Å². The number of aromatic nitrogens is 2. The van der Waals surface area contributed by atoms with Crippen LogP contribution in [0.1, 0.15) is 28.9 Å². The highest BCUT2D eigenvalue weighted by Gasteiger charge is 2.37. The van der Waals surface area contributed by atoms with Crippen LogP contribution in [0.2, 0.25) is 0 Å². The van der Waals surface area contributed by atoms with Crippen molar-refractivity contribution >= 4 is 5.91 Å². The number of carbonyl (C=O) groups is 1. The zero-order chi connectivity index (χ0) is 24.2. The molecule has 34 heavy (non-hydrogen) atoms. The first kappa shape index (κ1) is 23.7. The molecule has 1 saturated heterocycles. The van der Waals surface area contributed by atoms with E-state index in [-0.39, 0.29) is 18.3 Å². The Hall–Kier alpha value is -3.50. The lowest BCUT2D eigenvalue weighted by atomic mass is 9.97. The smallest absolute Gasteiger partial charge is 0.254 e. The number of piperidine rings is 1. The van der Waals surface area contributed by atoms with E-state index < -0.39 is 23.8 Å². The summed E-state index contributed by atoms with van der Waals surface area (Å²) in [5.74, 6) is 4.16. The second-order valence-electron chi connectivity index (χ2n) is 8.11. The normalized spacial score (nSPS) is 18.1. The summed E-state index contributed by atoms with van der Waals surface area (Å²) >= 11 is 0. The van der Waals surface area contributed by atoms with Gasteiger partial charge in [-0.3, -0.25) is 4.79 Å².